The number of methoxy groups -OCH3 is 1. The van der Waals surface area contributed by atoms with Crippen molar-refractivity contribution in [3.63, 3.8) is 0 Å². The van der Waals surface area contributed by atoms with Crippen molar-refractivity contribution in [2.24, 2.45) is 0 Å². The van der Waals surface area contributed by atoms with Crippen molar-refractivity contribution < 1.29 is 19.2 Å². The van der Waals surface area contributed by atoms with Crippen molar-refractivity contribution in [1.82, 2.24) is 0 Å². The lowest BCUT2D eigenvalue weighted by Crippen LogP contribution is -2.27. The van der Waals surface area contributed by atoms with Gasteiger partial charge in [0.25, 0.3) is 0 Å². The second-order valence-electron chi connectivity index (χ2n) is 4.57. The van der Waals surface area contributed by atoms with E-state index in [4.69, 9.17) is 20.7 Å². The van der Waals surface area contributed by atoms with Gasteiger partial charge >= 0.3 is 7.12 Å². The van der Waals surface area contributed by atoms with Crippen LogP contribution in [0.15, 0.2) is 36.4 Å². The maximum absolute atomic E-state index is 9.58. The molecule has 104 valence electrons. The third kappa shape index (κ3) is 2.57. The van der Waals surface area contributed by atoms with Crippen LogP contribution in [0.1, 0.15) is 5.56 Å². The van der Waals surface area contributed by atoms with Crippen LogP contribution in [0.4, 0.5) is 5.69 Å². The van der Waals surface area contributed by atoms with Gasteiger partial charge < -0.3 is 19.2 Å². The Kier molecular flexibility index (Phi) is 3.52. The molecule has 6 heteroatoms. The molecule has 0 bridgehead atoms. The van der Waals surface area contributed by atoms with Crippen LogP contribution in [0.5, 0.6) is 17.2 Å². The van der Waals surface area contributed by atoms with Gasteiger partial charge in [0.1, 0.15) is 17.2 Å². The zero-order chi connectivity index (χ0) is 14.8. The smallest absolute Gasteiger partial charge is 0.491 e. The Labute approximate surface area is 122 Å². The molecule has 5 nitrogen and oxygen atoms in total. The Morgan fingerprint density at radius 3 is 2.76 bits per heavy atom. The van der Waals surface area contributed by atoms with Crippen LogP contribution in [0, 0.1) is 6.57 Å². The third-order valence-corrected chi connectivity index (χ3v) is 3.28. The van der Waals surface area contributed by atoms with Crippen LogP contribution in [0.25, 0.3) is 4.85 Å². The molecule has 2 aromatic carbocycles. The molecule has 0 fully saturated rings. The zero-order valence-corrected chi connectivity index (χ0v) is 11.4. The fourth-order valence-electron chi connectivity index (χ4n) is 2.22. The highest BCUT2D eigenvalue weighted by atomic mass is 16.5. The first-order valence-corrected chi connectivity index (χ1v) is 6.37. The average Bonchev–Trinajstić information content (AvgIpc) is 2.88. The second kappa shape index (κ2) is 5.48. The number of benzene rings is 2. The van der Waals surface area contributed by atoms with Crippen molar-refractivity contribution in [3.05, 3.63) is 53.4 Å². The molecule has 0 spiro atoms. The molecule has 0 unspecified atom stereocenters. The summed E-state index contributed by atoms with van der Waals surface area (Å²) in [4.78, 5) is 3.37. The zero-order valence-electron chi connectivity index (χ0n) is 11.4. The SMILES string of the molecule is [C-]#[N+]c1ccc(Oc2ccc3c(c2)COB3O)cc1OC. The van der Waals surface area contributed by atoms with Gasteiger partial charge in [-0.25, -0.2) is 4.85 Å². The van der Waals surface area contributed by atoms with Crippen molar-refractivity contribution >= 4 is 18.3 Å². The molecule has 0 atom stereocenters. The standard InChI is InChI=1S/C15H12BNO4/c1-17-14-6-4-12(8-15(14)19-2)21-11-3-5-13-10(7-11)9-20-16(13)18/h3-8,18H,9H2,2H3. The molecule has 1 heterocycles. The van der Waals surface area contributed by atoms with Gasteiger partial charge in [-0.2, -0.15) is 0 Å². The van der Waals surface area contributed by atoms with E-state index in [1.165, 1.54) is 7.11 Å². The van der Waals surface area contributed by atoms with Gasteiger partial charge in [-0.15, -0.1) is 0 Å². The second-order valence-corrected chi connectivity index (χ2v) is 4.57. The number of hydrogen-bond donors (Lipinski definition) is 1. The summed E-state index contributed by atoms with van der Waals surface area (Å²) in [5.74, 6) is 1.70. The molecule has 0 amide bonds. The topological polar surface area (TPSA) is 52.3 Å². The van der Waals surface area contributed by atoms with E-state index in [9.17, 15) is 5.02 Å². The van der Waals surface area contributed by atoms with E-state index < -0.39 is 7.12 Å². The quantitative estimate of drug-likeness (QED) is 0.692. The van der Waals surface area contributed by atoms with Crippen molar-refractivity contribution in [1.29, 1.82) is 0 Å². The highest BCUT2D eigenvalue weighted by molar-refractivity contribution is 6.61. The van der Waals surface area contributed by atoms with Crippen LogP contribution >= 0.6 is 0 Å². The summed E-state index contributed by atoms with van der Waals surface area (Å²) in [6, 6.07) is 10.4. The fraction of sp³-hybridized carbons (Fsp3) is 0.133. The van der Waals surface area contributed by atoms with Gasteiger partial charge in [0, 0.05) is 6.07 Å². The van der Waals surface area contributed by atoms with Crippen molar-refractivity contribution in [3.8, 4) is 17.2 Å². The Morgan fingerprint density at radius 2 is 2.00 bits per heavy atom. The van der Waals surface area contributed by atoms with Crippen LogP contribution in [-0.2, 0) is 11.3 Å². The van der Waals surface area contributed by atoms with Gasteiger partial charge in [0.05, 0.1) is 20.3 Å². The van der Waals surface area contributed by atoms with E-state index in [2.05, 4.69) is 4.85 Å². The molecule has 21 heavy (non-hydrogen) atoms. The van der Waals surface area contributed by atoms with E-state index in [1.54, 1.807) is 30.3 Å². The van der Waals surface area contributed by atoms with E-state index >= 15 is 0 Å². The molecule has 1 aliphatic rings. The number of ether oxygens (including phenoxy) is 2. The summed E-state index contributed by atoms with van der Waals surface area (Å²) >= 11 is 0. The number of nitrogens with zero attached hydrogens (tertiary/aromatic N) is 1. The summed E-state index contributed by atoms with van der Waals surface area (Å²) < 4.78 is 16.1. The van der Waals surface area contributed by atoms with E-state index in [0.717, 1.165) is 11.0 Å². The largest absolute Gasteiger partial charge is 0.508 e. The minimum Gasteiger partial charge on any atom is -0.508 e. The summed E-state index contributed by atoms with van der Waals surface area (Å²) in [7, 11) is 0.661. The molecule has 0 saturated carbocycles. The molecule has 0 aromatic heterocycles. The summed E-state index contributed by atoms with van der Waals surface area (Å²) in [6.45, 7) is 7.42. The predicted octanol–water partition coefficient (Wildman–Crippen LogP) is 2.26. The summed E-state index contributed by atoms with van der Waals surface area (Å²) in [6.07, 6.45) is 0. The summed E-state index contributed by atoms with van der Waals surface area (Å²) in [5.41, 5.74) is 2.11. The fourth-order valence-corrected chi connectivity index (χ4v) is 2.22. The Hall–Kier alpha value is -2.49. The highest BCUT2D eigenvalue weighted by Gasteiger charge is 2.27. The van der Waals surface area contributed by atoms with Crippen LogP contribution in [-0.4, -0.2) is 19.3 Å². The predicted molar refractivity (Wildman–Crippen MR) is 78.2 cm³/mol. The van der Waals surface area contributed by atoms with Crippen LogP contribution < -0.4 is 14.9 Å². The minimum atomic E-state index is -0.855. The molecule has 1 aliphatic heterocycles. The molecule has 0 radical (unpaired) electrons. The lowest BCUT2D eigenvalue weighted by Gasteiger charge is -2.09. The van der Waals surface area contributed by atoms with Crippen molar-refractivity contribution in [2.45, 2.75) is 6.61 Å². The first-order valence-electron chi connectivity index (χ1n) is 6.37. The Balaban J connectivity index is 1.86. The molecular weight excluding hydrogens is 269 g/mol. The maximum atomic E-state index is 9.58. The normalized spacial score (nSPS) is 12.7. The van der Waals surface area contributed by atoms with Crippen LogP contribution in [0.3, 0.4) is 0 Å². The average molecular weight is 281 g/mol. The molecule has 2 aromatic rings. The molecule has 1 N–H and O–H groups in total. The van der Waals surface area contributed by atoms with Gasteiger partial charge in [-0.3, -0.25) is 0 Å². The number of hydrogen-bond acceptors (Lipinski definition) is 4. The third-order valence-electron chi connectivity index (χ3n) is 3.28. The number of rotatable bonds is 3. The molecular formula is C15H12BNO4. The lowest BCUT2D eigenvalue weighted by molar-refractivity contribution is 0.275. The molecule has 0 aliphatic carbocycles. The first kappa shape index (κ1) is 13.5. The van der Waals surface area contributed by atoms with Crippen LogP contribution in [0.2, 0.25) is 0 Å². The van der Waals surface area contributed by atoms with Gasteiger partial charge in [-0.05, 0) is 35.3 Å². The first-order chi connectivity index (χ1) is 10.2. The molecule has 3 rings (SSSR count). The van der Waals surface area contributed by atoms with Gasteiger partial charge in [-0.1, -0.05) is 6.07 Å². The van der Waals surface area contributed by atoms with E-state index in [0.29, 0.717) is 29.5 Å². The number of fused-ring (bicyclic) bond motifs is 1. The van der Waals surface area contributed by atoms with E-state index in [1.807, 2.05) is 6.07 Å². The summed E-state index contributed by atoms with van der Waals surface area (Å²) in [5, 5.41) is 9.58. The van der Waals surface area contributed by atoms with Gasteiger partial charge in [0.2, 0.25) is 5.69 Å². The van der Waals surface area contributed by atoms with E-state index in [-0.39, 0.29) is 0 Å². The maximum Gasteiger partial charge on any atom is 0.491 e. The minimum absolute atomic E-state index is 0.369. The Morgan fingerprint density at radius 1 is 1.24 bits per heavy atom. The molecule has 0 saturated heterocycles. The monoisotopic (exact) mass is 281 g/mol. The van der Waals surface area contributed by atoms with Gasteiger partial charge in [0.15, 0.2) is 0 Å². The Bertz CT molecular complexity index is 726. The van der Waals surface area contributed by atoms with Crippen molar-refractivity contribution in [2.75, 3.05) is 7.11 Å². The highest BCUT2D eigenvalue weighted by Crippen LogP contribution is 2.33. The lowest BCUT2D eigenvalue weighted by atomic mass is 9.80.